The zero-order chi connectivity index (χ0) is 14.0. The number of benzene rings is 1. The second-order valence-corrected chi connectivity index (χ2v) is 3.92. The molecule has 0 amide bonds. The summed E-state index contributed by atoms with van der Waals surface area (Å²) in [5, 5.41) is 0.699. The molecule has 0 unspecified atom stereocenters. The van der Waals surface area contributed by atoms with Crippen LogP contribution in [0.15, 0.2) is 30.5 Å². The van der Waals surface area contributed by atoms with Gasteiger partial charge in [-0.1, -0.05) is 6.08 Å². The van der Waals surface area contributed by atoms with Gasteiger partial charge in [-0.2, -0.15) is 0 Å². The fourth-order valence-electron chi connectivity index (χ4n) is 1.77. The summed E-state index contributed by atoms with van der Waals surface area (Å²) in [6.45, 7) is 3.59. The Labute approximate surface area is 107 Å². The lowest BCUT2D eigenvalue weighted by Gasteiger charge is -2.08. The quantitative estimate of drug-likeness (QED) is 0.845. The van der Waals surface area contributed by atoms with Gasteiger partial charge in [0.1, 0.15) is 5.75 Å². The van der Waals surface area contributed by atoms with E-state index in [1.807, 2.05) is 0 Å². The van der Waals surface area contributed by atoms with Crippen molar-refractivity contribution >= 4 is 10.9 Å². The molecule has 0 atom stereocenters. The first-order valence-corrected chi connectivity index (χ1v) is 5.56. The van der Waals surface area contributed by atoms with Crippen molar-refractivity contribution in [1.29, 1.82) is 0 Å². The van der Waals surface area contributed by atoms with Gasteiger partial charge in [-0.3, -0.25) is 0 Å². The minimum Gasteiger partial charge on any atom is -0.463 e. The third-order valence-corrected chi connectivity index (χ3v) is 2.45. The molecule has 1 aromatic heterocycles. The van der Waals surface area contributed by atoms with Gasteiger partial charge in [-0.25, -0.2) is 0 Å². The summed E-state index contributed by atoms with van der Waals surface area (Å²) in [7, 11) is 0. The van der Waals surface area contributed by atoms with Crippen LogP contribution >= 0.6 is 0 Å². The van der Waals surface area contributed by atoms with E-state index in [4.69, 9.17) is 4.74 Å². The van der Waals surface area contributed by atoms with Crippen LogP contribution < -0.4 is 9.47 Å². The number of hydrogen-bond acceptors (Lipinski definition) is 2. The molecule has 2 aromatic rings. The number of H-pyrrole nitrogens is 1. The highest BCUT2D eigenvalue weighted by atomic mass is 19.4. The highest BCUT2D eigenvalue weighted by Crippen LogP contribution is 2.33. The number of alkyl halides is 3. The molecular weight excluding hydrogens is 259 g/mol. The van der Waals surface area contributed by atoms with Crippen LogP contribution in [0.3, 0.4) is 0 Å². The molecule has 6 heteroatoms. The van der Waals surface area contributed by atoms with Crippen LogP contribution in [0.25, 0.3) is 10.9 Å². The molecule has 0 saturated carbocycles. The Morgan fingerprint density at radius 3 is 2.63 bits per heavy atom. The van der Waals surface area contributed by atoms with E-state index in [9.17, 15) is 13.2 Å². The topological polar surface area (TPSA) is 34.2 Å². The van der Waals surface area contributed by atoms with E-state index < -0.39 is 6.36 Å². The van der Waals surface area contributed by atoms with Gasteiger partial charge >= 0.3 is 6.36 Å². The van der Waals surface area contributed by atoms with Crippen molar-refractivity contribution in [3.05, 3.63) is 36.2 Å². The van der Waals surface area contributed by atoms with E-state index in [-0.39, 0.29) is 5.75 Å². The lowest BCUT2D eigenvalue weighted by Crippen LogP contribution is -2.16. The Morgan fingerprint density at radius 2 is 2.00 bits per heavy atom. The fourth-order valence-corrected chi connectivity index (χ4v) is 1.77. The highest BCUT2D eigenvalue weighted by molar-refractivity contribution is 5.88. The Hall–Kier alpha value is -2.11. The van der Waals surface area contributed by atoms with Crippen LogP contribution in [-0.2, 0) is 0 Å². The average molecular weight is 271 g/mol. The second-order valence-electron chi connectivity index (χ2n) is 3.92. The summed E-state index contributed by atoms with van der Waals surface area (Å²) in [5.74, 6) is 0.325. The van der Waals surface area contributed by atoms with Gasteiger partial charge in [-0.15, -0.1) is 13.2 Å². The minimum absolute atomic E-state index is 0.265. The maximum atomic E-state index is 12.1. The number of allylic oxidation sites excluding steroid dienone is 1. The van der Waals surface area contributed by atoms with Crippen molar-refractivity contribution < 1.29 is 22.6 Å². The van der Waals surface area contributed by atoms with E-state index in [2.05, 4.69) is 9.72 Å². The van der Waals surface area contributed by atoms with Gasteiger partial charge < -0.3 is 14.5 Å². The van der Waals surface area contributed by atoms with Crippen molar-refractivity contribution in [2.45, 2.75) is 20.2 Å². The number of nitrogens with one attached hydrogen (secondary N) is 1. The van der Waals surface area contributed by atoms with Gasteiger partial charge in [0.15, 0.2) is 5.75 Å². The fraction of sp³-hybridized carbons (Fsp3) is 0.231. The van der Waals surface area contributed by atoms with Gasteiger partial charge in [-0.05, 0) is 26.0 Å². The zero-order valence-electron chi connectivity index (χ0n) is 10.3. The predicted molar refractivity (Wildman–Crippen MR) is 65.2 cm³/mol. The van der Waals surface area contributed by atoms with E-state index >= 15 is 0 Å². The van der Waals surface area contributed by atoms with E-state index in [0.717, 1.165) is 5.69 Å². The summed E-state index contributed by atoms with van der Waals surface area (Å²) in [5.41, 5.74) is 1.26. The van der Waals surface area contributed by atoms with Crippen molar-refractivity contribution in [3.63, 3.8) is 0 Å². The SMILES string of the molecule is C/C=C/Oc1c(C)[nH]c2cc(OC(F)(F)F)ccc12. The zero-order valence-corrected chi connectivity index (χ0v) is 10.3. The van der Waals surface area contributed by atoms with Gasteiger partial charge in [0.25, 0.3) is 0 Å². The first kappa shape index (κ1) is 13.3. The molecule has 0 spiro atoms. The van der Waals surface area contributed by atoms with Gasteiger partial charge in [0.05, 0.1) is 17.5 Å². The monoisotopic (exact) mass is 271 g/mol. The van der Waals surface area contributed by atoms with Crippen LogP contribution in [0.1, 0.15) is 12.6 Å². The summed E-state index contributed by atoms with van der Waals surface area (Å²) < 4.78 is 45.6. The van der Waals surface area contributed by atoms with Crippen LogP contribution in [0.2, 0.25) is 0 Å². The van der Waals surface area contributed by atoms with E-state index in [0.29, 0.717) is 16.7 Å². The normalized spacial score (nSPS) is 12.3. The number of hydrogen-bond donors (Lipinski definition) is 1. The van der Waals surface area contributed by atoms with Gasteiger partial charge in [0, 0.05) is 11.5 Å². The summed E-state index contributed by atoms with van der Waals surface area (Å²) in [6.07, 6.45) is -1.46. The number of aryl methyl sites for hydroxylation is 1. The minimum atomic E-state index is -4.69. The Kier molecular flexibility index (Phi) is 3.42. The van der Waals surface area contributed by atoms with Crippen molar-refractivity contribution in [2.75, 3.05) is 0 Å². The highest BCUT2D eigenvalue weighted by Gasteiger charge is 2.31. The lowest BCUT2D eigenvalue weighted by atomic mass is 10.2. The smallest absolute Gasteiger partial charge is 0.463 e. The molecule has 2 rings (SSSR count). The van der Waals surface area contributed by atoms with Crippen LogP contribution in [0, 0.1) is 6.92 Å². The number of aromatic amines is 1. The molecule has 0 saturated heterocycles. The van der Waals surface area contributed by atoms with E-state index in [1.54, 1.807) is 19.9 Å². The molecule has 1 N–H and O–H groups in total. The Morgan fingerprint density at radius 1 is 1.26 bits per heavy atom. The van der Waals surface area contributed by atoms with Crippen LogP contribution in [-0.4, -0.2) is 11.3 Å². The molecule has 1 aromatic carbocycles. The lowest BCUT2D eigenvalue weighted by molar-refractivity contribution is -0.274. The number of halogens is 3. The Balaban J connectivity index is 2.40. The van der Waals surface area contributed by atoms with Crippen molar-refractivity contribution in [3.8, 4) is 11.5 Å². The largest absolute Gasteiger partial charge is 0.573 e. The molecule has 0 aliphatic rings. The number of fused-ring (bicyclic) bond motifs is 1. The maximum Gasteiger partial charge on any atom is 0.573 e. The Bertz CT molecular complexity index is 614. The molecule has 0 fully saturated rings. The first-order valence-electron chi connectivity index (χ1n) is 5.56. The molecule has 0 aliphatic heterocycles. The number of ether oxygens (including phenoxy) is 2. The molecule has 1 heterocycles. The van der Waals surface area contributed by atoms with Gasteiger partial charge in [0.2, 0.25) is 0 Å². The maximum absolute atomic E-state index is 12.1. The molecule has 3 nitrogen and oxygen atoms in total. The number of aromatic nitrogens is 1. The molecule has 19 heavy (non-hydrogen) atoms. The average Bonchev–Trinajstić information content (AvgIpc) is 2.59. The number of rotatable bonds is 3. The standard InChI is InChI=1S/C13H12F3NO2/c1-3-6-18-12-8(2)17-11-7-9(4-5-10(11)12)19-13(14,15)16/h3-7,17H,1-2H3/b6-3+. The van der Waals surface area contributed by atoms with Crippen molar-refractivity contribution in [1.82, 2.24) is 4.98 Å². The molecular formula is C13H12F3NO2. The van der Waals surface area contributed by atoms with Crippen LogP contribution in [0.5, 0.6) is 11.5 Å². The predicted octanol–water partition coefficient (Wildman–Crippen LogP) is 4.29. The van der Waals surface area contributed by atoms with E-state index in [1.165, 1.54) is 24.5 Å². The molecule has 102 valence electrons. The third kappa shape index (κ3) is 3.01. The van der Waals surface area contributed by atoms with Crippen LogP contribution in [0.4, 0.5) is 13.2 Å². The summed E-state index contributed by atoms with van der Waals surface area (Å²) >= 11 is 0. The van der Waals surface area contributed by atoms with Crippen molar-refractivity contribution in [2.24, 2.45) is 0 Å². The molecule has 0 radical (unpaired) electrons. The third-order valence-electron chi connectivity index (χ3n) is 2.45. The molecule has 0 bridgehead atoms. The second kappa shape index (κ2) is 4.87. The molecule has 0 aliphatic carbocycles. The first-order chi connectivity index (χ1) is 8.90. The summed E-state index contributed by atoms with van der Waals surface area (Å²) in [4.78, 5) is 2.96. The summed E-state index contributed by atoms with van der Waals surface area (Å²) in [6, 6.07) is 4.07.